The Morgan fingerprint density at radius 2 is 0.875 bits per heavy atom. The molecule has 0 atom stereocenters. The molecular formula is C14H16O2. The SMILES string of the molecule is C1COCCO1.c1ccc2ccccc2c1. The Labute approximate surface area is 95.8 Å². The van der Waals surface area contributed by atoms with E-state index in [1.54, 1.807) is 0 Å². The highest BCUT2D eigenvalue weighted by atomic mass is 16.6. The molecule has 1 saturated heterocycles. The van der Waals surface area contributed by atoms with Gasteiger partial charge in [0.05, 0.1) is 26.4 Å². The Hall–Kier alpha value is -1.38. The fourth-order valence-electron chi connectivity index (χ4n) is 1.57. The minimum absolute atomic E-state index is 0.778. The predicted molar refractivity (Wildman–Crippen MR) is 65.6 cm³/mol. The van der Waals surface area contributed by atoms with Gasteiger partial charge in [-0.15, -0.1) is 0 Å². The maximum Gasteiger partial charge on any atom is 0.0701 e. The molecule has 2 heteroatoms. The molecule has 0 N–H and O–H groups in total. The Balaban J connectivity index is 0.000000138. The second kappa shape index (κ2) is 6.26. The molecule has 0 aliphatic carbocycles. The summed E-state index contributed by atoms with van der Waals surface area (Å²) in [5, 5.41) is 2.62. The van der Waals surface area contributed by atoms with Gasteiger partial charge in [-0.05, 0) is 10.8 Å². The highest BCUT2D eigenvalue weighted by molar-refractivity contribution is 5.81. The molecule has 84 valence electrons. The smallest absolute Gasteiger partial charge is 0.0701 e. The van der Waals surface area contributed by atoms with Crippen molar-refractivity contribution in [2.24, 2.45) is 0 Å². The summed E-state index contributed by atoms with van der Waals surface area (Å²) in [6.45, 7) is 3.11. The van der Waals surface area contributed by atoms with Crippen LogP contribution in [0.4, 0.5) is 0 Å². The lowest BCUT2D eigenvalue weighted by molar-refractivity contribution is -0.0334. The predicted octanol–water partition coefficient (Wildman–Crippen LogP) is 2.87. The van der Waals surface area contributed by atoms with Crippen LogP contribution >= 0.6 is 0 Å². The Morgan fingerprint density at radius 3 is 1.12 bits per heavy atom. The molecule has 16 heavy (non-hydrogen) atoms. The Kier molecular flexibility index (Phi) is 4.35. The molecule has 0 unspecified atom stereocenters. The van der Waals surface area contributed by atoms with Crippen LogP contribution in [-0.4, -0.2) is 26.4 Å². The number of ether oxygens (including phenoxy) is 2. The average Bonchev–Trinajstić information content (AvgIpc) is 2.42. The lowest BCUT2D eigenvalue weighted by Crippen LogP contribution is -2.16. The highest BCUT2D eigenvalue weighted by Crippen LogP contribution is 2.11. The zero-order valence-corrected chi connectivity index (χ0v) is 9.26. The van der Waals surface area contributed by atoms with E-state index in [4.69, 9.17) is 9.47 Å². The molecule has 2 aromatic rings. The Morgan fingerprint density at radius 1 is 0.562 bits per heavy atom. The topological polar surface area (TPSA) is 18.5 Å². The Bertz CT molecular complexity index is 345. The molecule has 0 spiro atoms. The number of hydrogen-bond acceptors (Lipinski definition) is 2. The van der Waals surface area contributed by atoms with Gasteiger partial charge in [-0.25, -0.2) is 0 Å². The van der Waals surface area contributed by atoms with Crippen molar-refractivity contribution in [2.45, 2.75) is 0 Å². The molecule has 0 saturated carbocycles. The molecule has 0 radical (unpaired) electrons. The maximum absolute atomic E-state index is 4.94. The van der Waals surface area contributed by atoms with Crippen LogP contribution in [0.2, 0.25) is 0 Å². The van der Waals surface area contributed by atoms with E-state index in [0.29, 0.717) is 0 Å². The third kappa shape index (κ3) is 3.33. The van der Waals surface area contributed by atoms with Gasteiger partial charge in [0.2, 0.25) is 0 Å². The van der Waals surface area contributed by atoms with Crippen molar-refractivity contribution in [3.05, 3.63) is 48.5 Å². The summed E-state index contributed by atoms with van der Waals surface area (Å²) in [5.74, 6) is 0. The second-order valence-electron chi connectivity index (χ2n) is 3.57. The van der Waals surface area contributed by atoms with Crippen molar-refractivity contribution in [1.29, 1.82) is 0 Å². The fourth-order valence-corrected chi connectivity index (χ4v) is 1.57. The number of hydrogen-bond donors (Lipinski definition) is 0. The van der Waals surface area contributed by atoms with Gasteiger partial charge in [-0.1, -0.05) is 48.5 Å². The van der Waals surface area contributed by atoms with E-state index in [2.05, 4.69) is 48.5 Å². The summed E-state index contributed by atoms with van der Waals surface area (Å²) in [6, 6.07) is 16.7. The van der Waals surface area contributed by atoms with Crippen LogP contribution in [0.25, 0.3) is 10.8 Å². The van der Waals surface area contributed by atoms with E-state index in [0.717, 1.165) is 26.4 Å². The van der Waals surface area contributed by atoms with E-state index in [1.165, 1.54) is 10.8 Å². The highest BCUT2D eigenvalue weighted by Gasteiger charge is 1.94. The molecule has 0 bridgehead atoms. The zero-order chi connectivity index (χ0) is 11.1. The number of fused-ring (bicyclic) bond motifs is 1. The monoisotopic (exact) mass is 216 g/mol. The van der Waals surface area contributed by atoms with Crippen molar-refractivity contribution in [1.82, 2.24) is 0 Å². The van der Waals surface area contributed by atoms with Crippen molar-refractivity contribution in [3.63, 3.8) is 0 Å². The largest absolute Gasteiger partial charge is 0.377 e. The molecule has 0 amide bonds. The fraction of sp³-hybridized carbons (Fsp3) is 0.286. The first-order valence-corrected chi connectivity index (χ1v) is 5.56. The molecule has 1 heterocycles. The van der Waals surface area contributed by atoms with Crippen LogP contribution in [-0.2, 0) is 9.47 Å². The van der Waals surface area contributed by atoms with Gasteiger partial charge in [0.15, 0.2) is 0 Å². The first-order valence-electron chi connectivity index (χ1n) is 5.56. The first-order chi connectivity index (χ1) is 7.97. The molecule has 3 rings (SSSR count). The van der Waals surface area contributed by atoms with Crippen LogP contribution in [0.15, 0.2) is 48.5 Å². The molecule has 1 aliphatic heterocycles. The van der Waals surface area contributed by atoms with Gasteiger partial charge in [-0.3, -0.25) is 0 Å². The first kappa shape index (κ1) is 11.1. The van der Waals surface area contributed by atoms with E-state index in [1.807, 2.05) is 0 Å². The molecule has 1 fully saturated rings. The summed E-state index contributed by atoms with van der Waals surface area (Å²) in [7, 11) is 0. The normalized spacial score (nSPS) is 15.2. The van der Waals surface area contributed by atoms with E-state index >= 15 is 0 Å². The minimum Gasteiger partial charge on any atom is -0.377 e. The molecule has 2 nitrogen and oxygen atoms in total. The molecular weight excluding hydrogens is 200 g/mol. The van der Waals surface area contributed by atoms with Crippen molar-refractivity contribution >= 4 is 10.8 Å². The zero-order valence-electron chi connectivity index (χ0n) is 9.26. The molecule has 2 aromatic carbocycles. The van der Waals surface area contributed by atoms with Gasteiger partial charge in [0.25, 0.3) is 0 Å². The van der Waals surface area contributed by atoms with Gasteiger partial charge in [0.1, 0.15) is 0 Å². The van der Waals surface area contributed by atoms with Crippen LogP contribution < -0.4 is 0 Å². The molecule has 0 aromatic heterocycles. The van der Waals surface area contributed by atoms with Crippen LogP contribution in [0, 0.1) is 0 Å². The van der Waals surface area contributed by atoms with Crippen LogP contribution in [0.3, 0.4) is 0 Å². The van der Waals surface area contributed by atoms with E-state index in [9.17, 15) is 0 Å². The average molecular weight is 216 g/mol. The van der Waals surface area contributed by atoms with E-state index in [-0.39, 0.29) is 0 Å². The summed E-state index contributed by atoms with van der Waals surface area (Å²) >= 11 is 0. The standard InChI is InChI=1S/C10H8.C4H8O2/c1-2-6-10-8-4-3-7-9(10)5-1;1-2-6-4-3-5-1/h1-8H;1-4H2. The molecule has 1 aliphatic rings. The van der Waals surface area contributed by atoms with Gasteiger partial charge in [-0.2, -0.15) is 0 Å². The van der Waals surface area contributed by atoms with Crippen molar-refractivity contribution in [2.75, 3.05) is 26.4 Å². The minimum atomic E-state index is 0.778. The van der Waals surface area contributed by atoms with Crippen LogP contribution in [0.1, 0.15) is 0 Å². The van der Waals surface area contributed by atoms with Crippen molar-refractivity contribution < 1.29 is 9.47 Å². The lowest BCUT2D eigenvalue weighted by Gasteiger charge is -2.09. The summed E-state index contributed by atoms with van der Waals surface area (Å²) in [5.41, 5.74) is 0. The third-order valence-electron chi connectivity index (χ3n) is 2.40. The maximum atomic E-state index is 4.94. The third-order valence-corrected chi connectivity index (χ3v) is 2.40. The van der Waals surface area contributed by atoms with Gasteiger partial charge in [0, 0.05) is 0 Å². The summed E-state index contributed by atoms with van der Waals surface area (Å²) in [4.78, 5) is 0. The number of rotatable bonds is 0. The quantitative estimate of drug-likeness (QED) is 0.674. The summed E-state index contributed by atoms with van der Waals surface area (Å²) < 4.78 is 9.89. The van der Waals surface area contributed by atoms with Gasteiger partial charge >= 0.3 is 0 Å². The number of benzene rings is 2. The second-order valence-corrected chi connectivity index (χ2v) is 3.57. The van der Waals surface area contributed by atoms with Gasteiger partial charge < -0.3 is 9.47 Å². The van der Waals surface area contributed by atoms with E-state index < -0.39 is 0 Å². The summed E-state index contributed by atoms with van der Waals surface area (Å²) in [6.07, 6.45) is 0. The lowest BCUT2D eigenvalue weighted by atomic mass is 10.1. The van der Waals surface area contributed by atoms with Crippen LogP contribution in [0.5, 0.6) is 0 Å². The van der Waals surface area contributed by atoms with Crippen molar-refractivity contribution in [3.8, 4) is 0 Å².